The number of allylic oxidation sites excluding steroid dienone is 2. The van der Waals surface area contributed by atoms with Crippen LogP contribution in [0.4, 0.5) is 0 Å². The lowest BCUT2D eigenvalue weighted by Gasteiger charge is -2.22. The Morgan fingerprint density at radius 2 is 0.618 bits per heavy atom. The van der Waals surface area contributed by atoms with Crippen molar-refractivity contribution < 1.29 is 24.5 Å². The van der Waals surface area contributed by atoms with Gasteiger partial charge < -0.3 is 20.3 Å². The van der Waals surface area contributed by atoms with Gasteiger partial charge in [0.2, 0.25) is 5.91 Å². The average molecular weight is 1070 g/mol. The molecular weight excluding hydrogens is 935 g/mol. The number of amides is 1. The number of esters is 1. The first-order chi connectivity index (χ1) is 37.5. The predicted molar refractivity (Wildman–Crippen MR) is 333 cm³/mol. The molecule has 6 nitrogen and oxygen atoms in total. The van der Waals surface area contributed by atoms with E-state index in [2.05, 4.69) is 31.3 Å². The lowest BCUT2D eigenvalue weighted by Crippen LogP contribution is -2.45. The lowest BCUT2D eigenvalue weighted by molar-refractivity contribution is -0.143. The van der Waals surface area contributed by atoms with E-state index in [-0.39, 0.29) is 18.5 Å². The minimum absolute atomic E-state index is 0.0203. The van der Waals surface area contributed by atoms with E-state index in [0.717, 1.165) is 38.5 Å². The molecule has 3 N–H and O–H groups in total. The quantitative estimate of drug-likeness (QED) is 0.0320. The molecule has 0 aliphatic rings. The van der Waals surface area contributed by atoms with Gasteiger partial charge in [-0.25, -0.2) is 0 Å². The molecule has 0 aliphatic carbocycles. The highest BCUT2D eigenvalue weighted by atomic mass is 16.5. The molecule has 0 heterocycles. The van der Waals surface area contributed by atoms with Crippen molar-refractivity contribution in [1.82, 2.24) is 5.32 Å². The van der Waals surface area contributed by atoms with Crippen LogP contribution in [0.15, 0.2) is 12.2 Å². The number of unbranched alkanes of at least 4 members (excludes halogenated alkanes) is 53. The second kappa shape index (κ2) is 66.1. The second-order valence-electron chi connectivity index (χ2n) is 24.2. The van der Waals surface area contributed by atoms with Gasteiger partial charge in [0, 0.05) is 12.8 Å². The van der Waals surface area contributed by atoms with Gasteiger partial charge in [-0.2, -0.15) is 0 Å². The van der Waals surface area contributed by atoms with Gasteiger partial charge in [0.1, 0.15) is 0 Å². The monoisotopic (exact) mass is 1070 g/mol. The zero-order valence-electron chi connectivity index (χ0n) is 51.8. The van der Waals surface area contributed by atoms with Crippen LogP contribution in [-0.4, -0.2) is 47.4 Å². The molecule has 6 heteroatoms. The van der Waals surface area contributed by atoms with Gasteiger partial charge in [-0.05, 0) is 51.4 Å². The zero-order valence-corrected chi connectivity index (χ0v) is 51.8. The van der Waals surface area contributed by atoms with Gasteiger partial charge in [-0.3, -0.25) is 9.59 Å². The first-order valence-electron chi connectivity index (χ1n) is 34.9. The number of rotatable bonds is 66. The van der Waals surface area contributed by atoms with Gasteiger partial charge in [-0.1, -0.05) is 347 Å². The summed E-state index contributed by atoms with van der Waals surface area (Å²) < 4.78 is 5.49. The summed E-state index contributed by atoms with van der Waals surface area (Å²) in [7, 11) is 0. The molecule has 0 saturated carbocycles. The summed E-state index contributed by atoms with van der Waals surface area (Å²) >= 11 is 0. The number of carbonyl (C=O) groups is 2. The molecule has 0 aromatic heterocycles. The highest BCUT2D eigenvalue weighted by Crippen LogP contribution is 2.19. The van der Waals surface area contributed by atoms with E-state index in [1.165, 1.54) is 327 Å². The van der Waals surface area contributed by atoms with Crippen molar-refractivity contribution in [3.05, 3.63) is 12.2 Å². The number of aliphatic hydroxyl groups is 2. The Balaban J connectivity index is 3.35. The van der Waals surface area contributed by atoms with Crippen LogP contribution in [0, 0.1) is 0 Å². The maximum Gasteiger partial charge on any atom is 0.305 e. The first kappa shape index (κ1) is 74.6. The Labute approximate surface area is 476 Å². The minimum Gasteiger partial charge on any atom is -0.466 e. The maximum atomic E-state index is 12.5. The summed E-state index contributed by atoms with van der Waals surface area (Å²) in [4.78, 5) is 24.6. The Morgan fingerprint density at radius 1 is 0.355 bits per heavy atom. The number of ether oxygens (including phenoxy) is 1. The molecule has 0 spiro atoms. The molecule has 1 amide bonds. The molecule has 76 heavy (non-hydrogen) atoms. The molecule has 0 rings (SSSR count). The van der Waals surface area contributed by atoms with Crippen molar-refractivity contribution in [1.29, 1.82) is 0 Å². The number of hydrogen-bond acceptors (Lipinski definition) is 5. The number of carbonyl (C=O) groups excluding carboxylic acids is 2. The molecule has 0 bridgehead atoms. The highest BCUT2D eigenvalue weighted by molar-refractivity contribution is 5.76. The third-order valence-electron chi connectivity index (χ3n) is 16.6. The molecule has 2 atom stereocenters. The molecule has 452 valence electrons. The van der Waals surface area contributed by atoms with Crippen LogP contribution in [0.5, 0.6) is 0 Å². The van der Waals surface area contributed by atoms with Crippen LogP contribution in [0.3, 0.4) is 0 Å². The fraction of sp³-hybridized carbons (Fsp3) is 0.943. The lowest BCUT2D eigenvalue weighted by atomic mass is 10.0. The summed E-state index contributed by atoms with van der Waals surface area (Å²) in [5.41, 5.74) is 0. The summed E-state index contributed by atoms with van der Waals surface area (Å²) in [6.45, 7) is 4.99. The van der Waals surface area contributed by atoms with Crippen LogP contribution in [-0.2, 0) is 14.3 Å². The van der Waals surface area contributed by atoms with Crippen LogP contribution in [0.1, 0.15) is 399 Å². The molecule has 0 aromatic carbocycles. The van der Waals surface area contributed by atoms with Gasteiger partial charge in [0.05, 0.1) is 25.4 Å². The Morgan fingerprint density at radius 3 is 0.934 bits per heavy atom. The van der Waals surface area contributed by atoms with E-state index >= 15 is 0 Å². The SMILES string of the molecule is CCCCCCCCCCCCCCCCCC(O)C(CO)NC(=O)CCCCCCCCCCCCCCCC/C=C\CCCCCCCCCCCCCCOC(=O)CCCCCCCCCCCCCCCC. The Kier molecular flexibility index (Phi) is 64.9. The first-order valence-corrected chi connectivity index (χ1v) is 34.9. The molecule has 0 radical (unpaired) electrons. The van der Waals surface area contributed by atoms with Crippen LogP contribution in [0.2, 0.25) is 0 Å². The van der Waals surface area contributed by atoms with E-state index in [0.29, 0.717) is 25.9 Å². The van der Waals surface area contributed by atoms with Gasteiger partial charge in [0.25, 0.3) is 0 Å². The van der Waals surface area contributed by atoms with E-state index in [1.807, 2.05) is 0 Å². The van der Waals surface area contributed by atoms with Gasteiger partial charge >= 0.3 is 5.97 Å². The topological polar surface area (TPSA) is 95.9 Å². The number of aliphatic hydroxyl groups excluding tert-OH is 2. The molecule has 0 aromatic rings. The predicted octanol–water partition coefficient (Wildman–Crippen LogP) is 22.4. The number of hydrogen-bond donors (Lipinski definition) is 3. The average Bonchev–Trinajstić information content (AvgIpc) is 3.42. The van der Waals surface area contributed by atoms with Gasteiger partial charge in [-0.15, -0.1) is 0 Å². The fourth-order valence-corrected chi connectivity index (χ4v) is 11.2. The third-order valence-corrected chi connectivity index (χ3v) is 16.6. The standard InChI is InChI=1S/C70H137NO5/c1-3-5-7-9-11-13-15-17-35-38-42-46-50-54-58-62-68(73)67(66-72)71-69(74)63-59-55-51-47-43-39-36-33-31-29-27-25-23-21-19-20-22-24-26-28-30-32-34-37-41-45-49-53-57-61-65-76-70(75)64-60-56-52-48-44-40-18-16-14-12-10-8-6-4-2/h20,22,67-68,72-73H,3-19,21,23-66H2,1-2H3,(H,71,74)/b22-20-. The van der Waals surface area contributed by atoms with E-state index in [4.69, 9.17) is 4.74 Å². The van der Waals surface area contributed by atoms with Crippen molar-refractivity contribution in [3.8, 4) is 0 Å². The highest BCUT2D eigenvalue weighted by Gasteiger charge is 2.20. The minimum atomic E-state index is -0.662. The van der Waals surface area contributed by atoms with E-state index in [9.17, 15) is 19.8 Å². The largest absolute Gasteiger partial charge is 0.466 e. The van der Waals surface area contributed by atoms with E-state index in [1.54, 1.807) is 0 Å². The van der Waals surface area contributed by atoms with Crippen LogP contribution >= 0.6 is 0 Å². The smallest absolute Gasteiger partial charge is 0.305 e. The maximum absolute atomic E-state index is 12.5. The van der Waals surface area contributed by atoms with Crippen LogP contribution in [0.25, 0.3) is 0 Å². The molecule has 2 unspecified atom stereocenters. The van der Waals surface area contributed by atoms with E-state index < -0.39 is 12.1 Å². The zero-order chi connectivity index (χ0) is 55.0. The summed E-state index contributed by atoms with van der Waals surface area (Å²) in [6.07, 6.45) is 81.2. The van der Waals surface area contributed by atoms with Crippen molar-refractivity contribution in [3.63, 3.8) is 0 Å². The molecule has 0 saturated heterocycles. The fourth-order valence-electron chi connectivity index (χ4n) is 11.2. The normalized spacial score (nSPS) is 12.5. The summed E-state index contributed by atoms with van der Waals surface area (Å²) in [5, 5.41) is 23.3. The molecule has 0 fully saturated rings. The molecular formula is C70H137NO5. The van der Waals surface area contributed by atoms with Crippen molar-refractivity contribution in [2.45, 2.75) is 411 Å². The van der Waals surface area contributed by atoms with Crippen molar-refractivity contribution >= 4 is 11.9 Å². The molecule has 0 aliphatic heterocycles. The summed E-state index contributed by atoms with van der Waals surface area (Å²) in [5.74, 6) is -0.00998. The summed E-state index contributed by atoms with van der Waals surface area (Å²) in [6, 6.07) is -0.539. The van der Waals surface area contributed by atoms with Crippen LogP contribution < -0.4 is 5.32 Å². The Hall–Kier alpha value is -1.40. The third kappa shape index (κ3) is 61.8. The second-order valence-corrected chi connectivity index (χ2v) is 24.2. The van der Waals surface area contributed by atoms with Crippen molar-refractivity contribution in [2.75, 3.05) is 13.2 Å². The van der Waals surface area contributed by atoms with Gasteiger partial charge in [0.15, 0.2) is 0 Å². The number of nitrogens with one attached hydrogen (secondary N) is 1. The Bertz CT molecular complexity index is 1140. The van der Waals surface area contributed by atoms with Crippen molar-refractivity contribution in [2.24, 2.45) is 0 Å².